The van der Waals surface area contributed by atoms with Gasteiger partial charge in [-0.3, -0.25) is 4.68 Å². The lowest BCUT2D eigenvalue weighted by atomic mass is 10.3. The van der Waals surface area contributed by atoms with Crippen LogP contribution in [0.1, 0.15) is 44.0 Å². The van der Waals surface area contributed by atoms with E-state index in [1.165, 1.54) is 5.69 Å². The zero-order valence-electron chi connectivity index (χ0n) is 13.7. The topological polar surface area (TPSA) is 60.6 Å². The van der Waals surface area contributed by atoms with Crippen LogP contribution in [0.5, 0.6) is 0 Å². The third-order valence-corrected chi connectivity index (χ3v) is 3.60. The molecule has 0 fully saturated rings. The van der Waals surface area contributed by atoms with Gasteiger partial charge >= 0.3 is 0 Å². The molecule has 2 heterocycles. The highest BCUT2D eigenvalue weighted by Crippen LogP contribution is 2.07. The van der Waals surface area contributed by atoms with Gasteiger partial charge in [0.15, 0.2) is 0 Å². The number of aromatic nitrogens is 5. The first-order chi connectivity index (χ1) is 9.97. The van der Waals surface area contributed by atoms with Crippen molar-refractivity contribution < 1.29 is 0 Å². The average molecular weight is 290 g/mol. The lowest BCUT2D eigenvalue weighted by Gasteiger charge is -2.15. The number of nitrogens with zero attached hydrogens (tertiary/aromatic N) is 5. The predicted molar refractivity (Wildman–Crippen MR) is 83.3 cm³/mol. The standard InChI is InChI=1S/C15H26N6/c1-11(2)20-10-17-18-15(20)6-7-16-13(4)9-21-14(5)8-12(3)19-21/h8,10-11,13,16H,6-7,9H2,1-5H3. The van der Waals surface area contributed by atoms with E-state index in [4.69, 9.17) is 0 Å². The van der Waals surface area contributed by atoms with E-state index in [1.807, 2.05) is 6.92 Å². The summed E-state index contributed by atoms with van der Waals surface area (Å²) in [7, 11) is 0. The molecule has 116 valence electrons. The number of nitrogens with one attached hydrogen (secondary N) is 1. The fraction of sp³-hybridized carbons (Fsp3) is 0.667. The normalized spacial score (nSPS) is 13.0. The Labute approximate surface area is 126 Å². The zero-order valence-corrected chi connectivity index (χ0v) is 13.7. The van der Waals surface area contributed by atoms with Crippen molar-refractivity contribution in [3.05, 3.63) is 29.6 Å². The largest absolute Gasteiger partial charge is 0.315 e. The van der Waals surface area contributed by atoms with Crippen molar-refractivity contribution in [1.82, 2.24) is 29.9 Å². The van der Waals surface area contributed by atoms with E-state index in [2.05, 4.69) is 63.6 Å². The molecule has 6 nitrogen and oxygen atoms in total. The molecule has 0 aliphatic rings. The molecule has 21 heavy (non-hydrogen) atoms. The van der Waals surface area contributed by atoms with Crippen LogP contribution in [0.25, 0.3) is 0 Å². The number of aryl methyl sites for hydroxylation is 2. The van der Waals surface area contributed by atoms with Crippen molar-refractivity contribution in [1.29, 1.82) is 0 Å². The molecule has 2 rings (SSSR count). The summed E-state index contributed by atoms with van der Waals surface area (Å²) < 4.78 is 4.18. The Hall–Kier alpha value is -1.69. The van der Waals surface area contributed by atoms with Crippen molar-refractivity contribution in [2.45, 2.75) is 59.7 Å². The molecule has 2 aromatic rings. The molecule has 0 spiro atoms. The molecule has 0 aromatic carbocycles. The van der Waals surface area contributed by atoms with Crippen LogP contribution in [-0.2, 0) is 13.0 Å². The van der Waals surface area contributed by atoms with Gasteiger partial charge in [0.05, 0.1) is 12.2 Å². The molecule has 6 heteroatoms. The second-order valence-corrected chi connectivity index (χ2v) is 5.96. The van der Waals surface area contributed by atoms with E-state index >= 15 is 0 Å². The monoisotopic (exact) mass is 290 g/mol. The first-order valence-corrected chi connectivity index (χ1v) is 7.60. The summed E-state index contributed by atoms with van der Waals surface area (Å²) in [5.74, 6) is 1.04. The van der Waals surface area contributed by atoms with Crippen molar-refractivity contribution in [2.75, 3.05) is 6.54 Å². The van der Waals surface area contributed by atoms with Crippen LogP contribution in [0.4, 0.5) is 0 Å². The van der Waals surface area contributed by atoms with Crippen molar-refractivity contribution in [2.24, 2.45) is 0 Å². The van der Waals surface area contributed by atoms with Gasteiger partial charge in [0.25, 0.3) is 0 Å². The van der Waals surface area contributed by atoms with Gasteiger partial charge in [-0.1, -0.05) is 0 Å². The fourth-order valence-corrected chi connectivity index (χ4v) is 2.49. The van der Waals surface area contributed by atoms with E-state index < -0.39 is 0 Å². The third kappa shape index (κ3) is 4.14. The summed E-state index contributed by atoms with van der Waals surface area (Å²) in [4.78, 5) is 0. The molecule has 2 aromatic heterocycles. The Bertz CT molecular complexity index is 568. The highest BCUT2D eigenvalue weighted by Gasteiger charge is 2.09. The minimum Gasteiger partial charge on any atom is -0.315 e. The number of hydrogen-bond acceptors (Lipinski definition) is 4. The van der Waals surface area contributed by atoms with Crippen molar-refractivity contribution in [3.8, 4) is 0 Å². The highest BCUT2D eigenvalue weighted by atomic mass is 15.3. The molecule has 0 aliphatic heterocycles. The SMILES string of the molecule is Cc1cc(C)n(CC(C)NCCc2nncn2C(C)C)n1. The van der Waals surface area contributed by atoms with Crippen LogP contribution in [0.2, 0.25) is 0 Å². The van der Waals surface area contributed by atoms with E-state index in [0.717, 1.165) is 31.0 Å². The maximum atomic E-state index is 4.50. The Morgan fingerprint density at radius 2 is 2.00 bits per heavy atom. The summed E-state index contributed by atoms with van der Waals surface area (Å²) in [6, 6.07) is 2.89. The molecule has 1 unspecified atom stereocenters. The van der Waals surface area contributed by atoms with Gasteiger partial charge in [-0.15, -0.1) is 10.2 Å². The maximum absolute atomic E-state index is 4.50. The summed E-state index contributed by atoms with van der Waals surface area (Å²) in [6.07, 6.45) is 2.69. The number of hydrogen-bond donors (Lipinski definition) is 1. The van der Waals surface area contributed by atoms with E-state index in [0.29, 0.717) is 12.1 Å². The van der Waals surface area contributed by atoms with E-state index in [1.54, 1.807) is 6.33 Å². The summed E-state index contributed by atoms with van der Waals surface area (Å²) >= 11 is 0. The Kier molecular flexibility index (Phi) is 5.12. The Morgan fingerprint density at radius 1 is 1.24 bits per heavy atom. The molecular formula is C15H26N6. The van der Waals surface area contributed by atoms with E-state index in [9.17, 15) is 0 Å². The summed E-state index contributed by atoms with van der Waals surface area (Å²) in [5.41, 5.74) is 2.28. The third-order valence-electron chi connectivity index (χ3n) is 3.60. The second kappa shape index (κ2) is 6.85. The van der Waals surface area contributed by atoms with Gasteiger partial charge in [0.2, 0.25) is 0 Å². The smallest absolute Gasteiger partial charge is 0.134 e. The van der Waals surface area contributed by atoms with Crippen LogP contribution in [0.3, 0.4) is 0 Å². The predicted octanol–water partition coefficient (Wildman–Crippen LogP) is 1.89. The lowest BCUT2D eigenvalue weighted by molar-refractivity contribution is 0.442. The van der Waals surface area contributed by atoms with Gasteiger partial charge in [0.1, 0.15) is 12.2 Å². The Balaban J connectivity index is 1.80. The molecule has 0 aliphatic carbocycles. The van der Waals surface area contributed by atoms with Crippen LogP contribution >= 0.6 is 0 Å². The van der Waals surface area contributed by atoms with Crippen molar-refractivity contribution in [3.63, 3.8) is 0 Å². The first kappa shape index (κ1) is 15.7. The van der Waals surface area contributed by atoms with Gasteiger partial charge in [0, 0.05) is 30.7 Å². The molecular weight excluding hydrogens is 264 g/mol. The molecule has 0 saturated heterocycles. The minimum atomic E-state index is 0.374. The molecule has 0 radical (unpaired) electrons. The van der Waals surface area contributed by atoms with Gasteiger partial charge < -0.3 is 9.88 Å². The molecule has 1 N–H and O–H groups in total. The van der Waals surface area contributed by atoms with Crippen molar-refractivity contribution >= 4 is 0 Å². The van der Waals surface area contributed by atoms with Crippen LogP contribution in [0, 0.1) is 13.8 Å². The second-order valence-electron chi connectivity index (χ2n) is 5.96. The van der Waals surface area contributed by atoms with Crippen LogP contribution in [-0.4, -0.2) is 37.1 Å². The Morgan fingerprint density at radius 3 is 2.62 bits per heavy atom. The summed E-state index contributed by atoms with van der Waals surface area (Å²) in [5, 5.41) is 16.2. The number of rotatable bonds is 7. The van der Waals surface area contributed by atoms with Gasteiger partial charge in [-0.25, -0.2) is 0 Å². The lowest BCUT2D eigenvalue weighted by Crippen LogP contribution is -2.33. The average Bonchev–Trinajstić information content (AvgIpc) is 2.97. The quantitative estimate of drug-likeness (QED) is 0.846. The summed E-state index contributed by atoms with van der Waals surface area (Å²) in [6.45, 7) is 12.4. The molecule has 1 atom stereocenters. The highest BCUT2D eigenvalue weighted by molar-refractivity contribution is 5.06. The minimum absolute atomic E-state index is 0.374. The maximum Gasteiger partial charge on any atom is 0.134 e. The van der Waals surface area contributed by atoms with Gasteiger partial charge in [-0.05, 0) is 40.7 Å². The van der Waals surface area contributed by atoms with Crippen LogP contribution < -0.4 is 5.32 Å². The first-order valence-electron chi connectivity index (χ1n) is 7.60. The molecule has 0 bridgehead atoms. The van der Waals surface area contributed by atoms with Gasteiger partial charge in [-0.2, -0.15) is 5.10 Å². The molecule has 0 saturated carbocycles. The molecule has 0 amide bonds. The van der Waals surface area contributed by atoms with E-state index in [-0.39, 0.29) is 0 Å². The fourth-order valence-electron chi connectivity index (χ4n) is 2.49. The zero-order chi connectivity index (χ0) is 15.4. The van der Waals surface area contributed by atoms with Crippen LogP contribution in [0.15, 0.2) is 12.4 Å².